The molecule has 0 aliphatic carbocycles. The Morgan fingerprint density at radius 1 is 0.571 bits per heavy atom. The molecule has 0 saturated carbocycles. The first-order valence-corrected chi connectivity index (χ1v) is 13.3. The summed E-state index contributed by atoms with van der Waals surface area (Å²) in [5, 5.41) is 6.33. The maximum absolute atomic E-state index is 10.8. The average molecular weight is 481 g/mol. The van der Waals surface area contributed by atoms with E-state index in [1.165, 1.54) is 43.2 Å². The summed E-state index contributed by atoms with van der Waals surface area (Å²) >= 11 is 0. The van der Waals surface area contributed by atoms with Gasteiger partial charge in [-0.1, -0.05) is 90.3 Å². The molecule has 0 bridgehead atoms. The molecule has 0 aromatic heterocycles. The van der Waals surface area contributed by atoms with Gasteiger partial charge in [-0.15, -0.1) is 0 Å². The van der Waals surface area contributed by atoms with Crippen molar-refractivity contribution in [2.45, 2.75) is 84.0 Å². The second-order valence-electron chi connectivity index (χ2n) is 9.78. The second kappa shape index (κ2) is 17.9. The first-order valence-electron chi connectivity index (χ1n) is 13.3. The smallest absolute Gasteiger partial charge is 0.0903 e. The molecule has 2 aromatic carbocycles. The van der Waals surface area contributed by atoms with E-state index in [0.29, 0.717) is 0 Å². The van der Waals surface area contributed by atoms with Crippen LogP contribution < -0.4 is 0 Å². The molecular weight excluding hydrogens is 436 g/mol. The SMILES string of the molecule is CC(CCN(CCCCCCCN(CCC(C)N=O)Cc1ccccc1)Cc1ccccc1)N=O. The fourth-order valence-corrected chi connectivity index (χ4v) is 4.27. The molecule has 0 saturated heterocycles. The Hall–Kier alpha value is -2.44. The van der Waals surface area contributed by atoms with E-state index in [2.05, 4.69) is 68.7 Å². The number of hydrogen-bond donors (Lipinski definition) is 0. The van der Waals surface area contributed by atoms with Crippen LogP contribution in [0.5, 0.6) is 0 Å². The van der Waals surface area contributed by atoms with Crippen LogP contribution in [-0.4, -0.2) is 48.1 Å². The lowest BCUT2D eigenvalue weighted by Crippen LogP contribution is -2.27. The molecule has 0 heterocycles. The number of nitroso groups, excluding NO2 is 2. The predicted octanol–water partition coefficient (Wildman–Crippen LogP) is 7.03. The fraction of sp³-hybridized carbons (Fsp3) is 0.586. The number of rotatable bonds is 20. The molecule has 6 heteroatoms. The average Bonchev–Trinajstić information content (AvgIpc) is 2.90. The quantitative estimate of drug-likeness (QED) is 0.151. The van der Waals surface area contributed by atoms with Gasteiger partial charge in [-0.3, -0.25) is 9.80 Å². The maximum Gasteiger partial charge on any atom is 0.0903 e. The normalized spacial score (nSPS) is 13.1. The van der Waals surface area contributed by atoms with Crippen LogP contribution in [0.3, 0.4) is 0 Å². The number of unbranched alkanes of at least 4 members (excludes halogenated alkanes) is 4. The van der Waals surface area contributed by atoms with E-state index < -0.39 is 0 Å². The molecule has 0 aliphatic heterocycles. The molecule has 35 heavy (non-hydrogen) atoms. The van der Waals surface area contributed by atoms with Gasteiger partial charge in [0.2, 0.25) is 0 Å². The standard InChI is InChI=1S/C29H44N4O2/c1-26(30-34)18-22-32(24-28-14-8-6-9-15-28)20-12-4-3-5-13-21-33(23-19-27(2)31-35)25-29-16-10-7-11-17-29/h6-11,14-17,26-27H,3-5,12-13,18-25H2,1-2H3. The lowest BCUT2D eigenvalue weighted by Gasteiger charge is -2.23. The van der Waals surface area contributed by atoms with Crippen LogP contribution in [0, 0.1) is 9.81 Å². The summed E-state index contributed by atoms with van der Waals surface area (Å²) in [6.07, 6.45) is 7.64. The van der Waals surface area contributed by atoms with Gasteiger partial charge in [0, 0.05) is 26.2 Å². The van der Waals surface area contributed by atoms with Crippen molar-refractivity contribution in [3.05, 3.63) is 81.6 Å². The highest BCUT2D eigenvalue weighted by molar-refractivity contribution is 5.15. The highest BCUT2D eigenvalue weighted by Gasteiger charge is 2.11. The van der Waals surface area contributed by atoms with Crippen LogP contribution in [0.1, 0.15) is 69.9 Å². The van der Waals surface area contributed by atoms with E-state index in [1.807, 2.05) is 26.0 Å². The van der Waals surface area contributed by atoms with Crippen LogP contribution in [0.15, 0.2) is 71.0 Å². The largest absolute Gasteiger partial charge is 0.299 e. The van der Waals surface area contributed by atoms with Crippen molar-refractivity contribution in [2.75, 3.05) is 26.2 Å². The lowest BCUT2D eigenvalue weighted by molar-refractivity contribution is 0.244. The van der Waals surface area contributed by atoms with Crippen LogP contribution in [-0.2, 0) is 13.1 Å². The van der Waals surface area contributed by atoms with Gasteiger partial charge >= 0.3 is 0 Å². The number of benzene rings is 2. The van der Waals surface area contributed by atoms with E-state index in [-0.39, 0.29) is 12.1 Å². The van der Waals surface area contributed by atoms with Gasteiger partial charge in [-0.05, 0) is 63.7 Å². The Kier molecular flexibility index (Phi) is 14.7. The molecule has 0 aliphatic rings. The molecule has 0 amide bonds. The summed E-state index contributed by atoms with van der Waals surface area (Å²) in [6.45, 7) is 9.56. The molecule has 2 unspecified atom stereocenters. The molecular formula is C29H44N4O2. The number of nitrogens with zero attached hydrogens (tertiary/aromatic N) is 4. The van der Waals surface area contributed by atoms with Gasteiger partial charge in [0.1, 0.15) is 0 Å². The fourth-order valence-electron chi connectivity index (χ4n) is 4.27. The van der Waals surface area contributed by atoms with Gasteiger partial charge in [-0.25, -0.2) is 0 Å². The summed E-state index contributed by atoms with van der Waals surface area (Å²) in [7, 11) is 0. The van der Waals surface area contributed by atoms with Gasteiger partial charge < -0.3 is 0 Å². The lowest BCUT2D eigenvalue weighted by atomic mass is 10.1. The van der Waals surface area contributed by atoms with Crippen LogP contribution in [0.2, 0.25) is 0 Å². The van der Waals surface area contributed by atoms with E-state index >= 15 is 0 Å². The van der Waals surface area contributed by atoms with Crippen molar-refractivity contribution in [2.24, 2.45) is 10.4 Å². The molecule has 2 atom stereocenters. The molecule has 0 radical (unpaired) electrons. The van der Waals surface area contributed by atoms with E-state index in [1.54, 1.807) is 0 Å². The first kappa shape index (κ1) is 28.8. The van der Waals surface area contributed by atoms with Gasteiger partial charge in [-0.2, -0.15) is 9.81 Å². The minimum atomic E-state index is -0.127. The Balaban J connectivity index is 1.69. The van der Waals surface area contributed by atoms with E-state index in [0.717, 1.165) is 52.1 Å². The third-order valence-electron chi connectivity index (χ3n) is 6.53. The van der Waals surface area contributed by atoms with Crippen molar-refractivity contribution in [1.29, 1.82) is 0 Å². The zero-order valence-corrected chi connectivity index (χ0v) is 21.7. The van der Waals surface area contributed by atoms with Crippen LogP contribution >= 0.6 is 0 Å². The first-order chi connectivity index (χ1) is 17.1. The van der Waals surface area contributed by atoms with E-state index in [9.17, 15) is 9.81 Å². The second-order valence-corrected chi connectivity index (χ2v) is 9.78. The van der Waals surface area contributed by atoms with Crippen LogP contribution in [0.4, 0.5) is 0 Å². The van der Waals surface area contributed by atoms with Gasteiger partial charge in [0.05, 0.1) is 12.1 Å². The highest BCUT2D eigenvalue weighted by atomic mass is 16.3. The monoisotopic (exact) mass is 480 g/mol. The summed E-state index contributed by atoms with van der Waals surface area (Å²) < 4.78 is 0. The van der Waals surface area contributed by atoms with Gasteiger partial charge in [0.25, 0.3) is 0 Å². The highest BCUT2D eigenvalue weighted by Crippen LogP contribution is 2.13. The zero-order chi connectivity index (χ0) is 25.1. The molecule has 6 nitrogen and oxygen atoms in total. The molecule has 192 valence electrons. The molecule has 0 spiro atoms. The minimum absolute atomic E-state index is 0.127. The molecule has 2 rings (SSSR count). The minimum Gasteiger partial charge on any atom is -0.299 e. The van der Waals surface area contributed by atoms with E-state index in [4.69, 9.17) is 0 Å². The third-order valence-corrected chi connectivity index (χ3v) is 6.53. The van der Waals surface area contributed by atoms with Gasteiger partial charge in [0.15, 0.2) is 0 Å². The van der Waals surface area contributed by atoms with Crippen molar-refractivity contribution < 1.29 is 0 Å². The zero-order valence-electron chi connectivity index (χ0n) is 21.7. The third kappa shape index (κ3) is 13.3. The van der Waals surface area contributed by atoms with Crippen molar-refractivity contribution in [3.63, 3.8) is 0 Å². The summed E-state index contributed by atoms with van der Waals surface area (Å²) in [6, 6.07) is 20.8. The summed E-state index contributed by atoms with van der Waals surface area (Å²) in [5.41, 5.74) is 2.63. The Morgan fingerprint density at radius 3 is 1.31 bits per heavy atom. The number of hydrogen-bond acceptors (Lipinski definition) is 6. The summed E-state index contributed by atoms with van der Waals surface area (Å²) in [4.78, 5) is 26.5. The Bertz CT molecular complexity index is 735. The molecule has 0 fully saturated rings. The van der Waals surface area contributed by atoms with Crippen molar-refractivity contribution >= 4 is 0 Å². The Morgan fingerprint density at radius 2 is 0.943 bits per heavy atom. The molecule has 2 aromatic rings. The topological polar surface area (TPSA) is 65.3 Å². The van der Waals surface area contributed by atoms with Crippen molar-refractivity contribution in [3.8, 4) is 0 Å². The van der Waals surface area contributed by atoms with Crippen LogP contribution in [0.25, 0.3) is 0 Å². The van der Waals surface area contributed by atoms with Crippen molar-refractivity contribution in [1.82, 2.24) is 9.80 Å². The maximum atomic E-state index is 10.8. The Labute approximate surface area is 212 Å². The summed E-state index contributed by atoms with van der Waals surface area (Å²) in [5.74, 6) is 0. The predicted molar refractivity (Wildman–Crippen MR) is 146 cm³/mol. The molecule has 0 N–H and O–H groups in total.